The van der Waals surface area contributed by atoms with Crippen LogP contribution in [0.25, 0.3) is 0 Å². The van der Waals surface area contributed by atoms with Crippen molar-refractivity contribution in [2.45, 2.75) is 35.6 Å². The summed E-state index contributed by atoms with van der Waals surface area (Å²) in [5, 5.41) is 26.9. The maximum Gasteiger partial charge on any atom is 0.257 e. The van der Waals surface area contributed by atoms with Crippen molar-refractivity contribution in [2.24, 2.45) is 0 Å². The van der Waals surface area contributed by atoms with Gasteiger partial charge in [-0.2, -0.15) is 0 Å². The number of nitrogens with one attached hydrogen (secondary N) is 2. The predicted octanol–water partition coefficient (Wildman–Crippen LogP) is 4.18. The van der Waals surface area contributed by atoms with Crippen LogP contribution in [0.3, 0.4) is 0 Å². The average molecular weight is 660 g/mol. The smallest absolute Gasteiger partial charge is 0.257 e. The normalized spacial score (nSPS) is 14.5. The second kappa shape index (κ2) is 16.0. The van der Waals surface area contributed by atoms with Gasteiger partial charge < -0.3 is 25.3 Å². The molecule has 3 amide bonds. The molecular weight excluding hydrogens is 623 g/mol. The van der Waals surface area contributed by atoms with Gasteiger partial charge in [-0.3, -0.25) is 19.7 Å². The van der Waals surface area contributed by atoms with Crippen molar-refractivity contribution in [1.29, 1.82) is 0 Å². The van der Waals surface area contributed by atoms with Gasteiger partial charge in [0.25, 0.3) is 11.8 Å². The zero-order valence-electron chi connectivity index (χ0n) is 25.5. The van der Waals surface area contributed by atoms with Crippen LogP contribution in [0, 0.1) is 0 Å². The van der Waals surface area contributed by atoms with E-state index in [1.165, 1.54) is 11.3 Å². The molecule has 4 N–H and O–H groups in total. The first-order valence-corrected chi connectivity index (χ1v) is 16.8. The summed E-state index contributed by atoms with van der Waals surface area (Å²) in [4.78, 5) is 45.4. The number of carbonyl (C=O) groups is 3. The Labute approximate surface area is 276 Å². The SMILES string of the molecule is CC(=O)N1CCN(C(=O)c2cccc(CSc3cnc(NC(=O)c4ccc(CN[C@H](CO)[C@H](O)c5ccccc5)cc4)s3)c2)CC1. The molecule has 2 heterocycles. The van der Waals surface area contributed by atoms with Gasteiger partial charge in [-0.25, -0.2) is 4.98 Å². The molecule has 46 heavy (non-hydrogen) atoms. The van der Waals surface area contributed by atoms with E-state index in [1.807, 2.05) is 66.7 Å². The minimum absolute atomic E-state index is 0.0293. The molecule has 240 valence electrons. The molecule has 0 bridgehead atoms. The number of piperazine rings is 1. The predicted molar refractivity (Wildman–Crippen MR) is 180 cm³/mol. The van der Waals surface area contributed by atoms with Gasteiger partial charge in [0.15, 0.2) is 5.13 Å². The van der Waals surface area contributed by atoms with E-state index in [0.29, 0.717) is 54.7 Å². The lowest BCUT2D eigenvalue weighted by Gasteiger charge is -2.34. The maximum atomic E-state index is 13.0. The Morgan fingerprint density at radius 3 is 2.33 bits per heavy atom. The number of aromatic nitrogens is 1. The fourth-order valence-corrected chi connectivity index (χ4v) is 6.90. The quantitative estimate of drug-likeness (QED) is 0.167. The molecule has 1 aliphatic heterocycles. The first-order valence-electron chi connectivity index (χ1n) is 15.0. The van der Waals surface area contributed by atoms with Crippen LogP contribution in [0.15, 0.2) is 89.3 Å². The van der Waals surface area contributed by atoms with E-state index < -0.39 is 12.1 Å². The van der Waals surface area contributed by atoms with Crippen LogP contribution in [0.2, 0.25) is 0 Å². The Morgan fingerprint density at radius 2 is 1.63 bits per heavy atom. The van der Waals surface area contributed by atoms with Gasteiger partial charge >= 0.3 is 0 Å². The van der Waals surface area contributed by atoms with E-state index in [9.17, 15) is 24.6 Å². The van der Waals surface area contributed by atoms with Crippen molar-refractivity contribution in [3.05, 3.63) is 113 Å². The Morgan fingerprint density at radius 1 is 0.913 bits per heavy atom. The molecule has 1 fully saturated rings. The molecule has 3 aromatic carbocycles. The molecule has 1 aromatic heterocycles. The second-order valence-corrected chi connectivity index (χ2v) is 13.3. The third-order valence-electron chi connectivity index (χ3n) is 7.78. The summed E-state index contributed by atoms with van der Waals surface area (Å²) in [6.45, 7) is 3.90. The highest BCUT2D eigenvalue weighted by Gasteiger charge is 2.23. The van der Waals surface area contributed by atoms with Crippen LogP contribution in [0.1, 0.15) is 50.4 Å². The summed E-state index contributed by atoms with van der Waals surface area (Å²) in [7, 11) is 0. The molecule has 0 radical (unpaired) electrons. The number of thioether (sulfide) groups is 1. The second-order valence-electron chi connectivity index (χ2n) is 10.9. The fourth-order valence-electron chi connectivity index (χ4n) is 5.09. The minimum Gasteiger partial charge on any atom is -0.395 e. The van der Waals surface area contributed by atoms with Crippen molar-refractivity contribution in [3.63, 3.8) is 0 Å². The summed E-state index contributed by atoms with van der Waals surface area (Å²) < 4.78 is 0.935. The number of carbonyl (C=O) groups excluding carboxylic acids is 3. The van der Waals surface area contributed by atoms with E-state index in [1.54, 1.807) is 46.8 Å². The molecular formula is C34H37N5O5S2. The first kappa shape index (κ1) is 33.3. The number of aliphatic hydroxyl groups excluding tert-OH is 2. The zero-order chi connectivity index (χ0) is 32.5. The third-order valence-corrected chi connectivity index (χ3v) is 9.95. The van der Waals surface area contributed by atoms with Crippen LogP contribution in [0.4, 0.5) is 5.13 Å². The number of aliphatic hydroxyl groups is 2. The number of hydrogen-bond acceptors (Lipinski definition) is 9. The molecule has 0 saturated carbocycles. The summed E-state index contributed by atoms with van der Waals surface area (Å²) in [6.07, 6.45) is 0.879. The monoisotopic (exact) mass is 659 g/mol. The average Bonchev–Trinajstić information content (AvgIpc) is 3.55. The molecule has 12 heteroatoms. The van der Waals surface area contributed by atoms with E-state index in [0.717, 1.165) is 20.9 Å². The van der Waals surface area contributed by atoms with Crippen LogP contribution in [-0.4, -0.2) is 81.5 Å². The zero-order valence-corrected chi connectivity index (χ0v) is 27.1. The highest BCUT2D eigenvalue weighted by molar-refractivity contribution is 8.00. The van der Waals surface area contributed by atoms with Gasteiger partial charge in [0, 0.05) is 56.5 Å². The van der Waals surface area contributed by atoms with E-state index in [4.69, 9.17) is 0 Å². The fraction of sp³-hybridized carbons (Fsp3) is 0.294. The summed E-state index contributed by atoms with van der Waals surface area (Å²) in [5.74, 6) is 0.376. The van der Waals surface area contributed by atoms with Gasteiger partial charge in [0.1, 0.15) is 0 Å². The Bertz CT molecular complexity index is 1620. The number of hydrogen-bond donors (Lipinski definition) is 4. The van der Waals surface area contributed by atoms with Crippen LogP contribution in [0.5, 0.6) is 0 Å². The molecule has 0 spiro atoms. The van der Waals surface area contributed by atoms with Gasteiger partial charge in [-0.05, 0) is 41.0 Å². The number of benzene rings is 3. The molecule has 1 aliphatic rings. The minimum atomic E-state index is -0.848. The van der Waals surface area contributed by atoms with Gasteiger partial charge in [-0.15, -0.1) is 11.8 Å². The van der Waals surface area contributed by atoms with E-state index in [2.05, 4.69) is 15.6 Å². The lowest BCUT2D eigenvalue weighted by atomic mass is 10.0. The Kier molecular flexibility index (Phi) is 11.6. The first-order chi connectivity index (χ1) is 22.3. The lowest BCUT2D eigenvalue weighted by Crippen LogP contribution is -2.50. The number of thiazole rings is 1. The molecule has 10 nitrogen and oxygen atoms in total. The topological polar surface area (TPSA) is 135 Å². The van der Waals surface area contributed by atoms with Crippen molar-refractivity contribution < 1.29 is 24.6 Å². The van der Waals surface area contributed by atoms with Crippen LogP contribution >= 0.6 is 23.1 Å². The lowest BCUT2D eigenvalue weighted by molar-refractivity contribution is -0.130. The third kappa shape index (κ3) is 8.80. The van der Waals surface area contributed by atoms with Crippen LogP contribution in [-0.2, 0) is 17.1 Å². The number of nitrogens with zero attached hydrogens (tertiary/aromatic N) is 3. The number of amides is 3. The van der Waals surface area contributed by atoms with E-state index >= 15 is 0 Å². The van der Waals surface area contributed by atoms with Crippen molar-refractivity contribution in [2.75, 3.05) is 38.1 Å². The molecule has 5 rings (SSSR count). The maximum absolute atomic E-state index is 13.0. The molecule has 0 unspecified atom stereocenters. The summed E-state index contributed by atoms with van der Waals surface area (Å²) in [6, 6.07) is 23.4. The van der Waals surface area contributed by atoms with Crippen molar-refractivity contribution >= 4 is 46.0 Å². The highest BCUT2D eigenvalue weighted by Crippen LogP contribution is 2.31. The largest absolute Gasteiger partial charge is 0.395 e. The molecule has 4 aromatic rings. The number of rotatable bonds is 12. The van der Waals surface area contributed by atoms with Crippen molar-refractivity contribution in [1.82, 2.24) is 20.1 Å². The van der Waals surface area contributed by atoms with Crippen molar-refractivity contribution in [3.8, 4) is 0 Å². The van der Waals surface area contributed by atoms with Gasteiger partial charge in [-0.1, -0.05) is 65.9 Å². The Hall–Kier alpha value is -4.07. The van der Waals surface area contributed by atoms with Gasteiger partial charge in [0.2, 0.25) is 5.91 Å². The highest BCUT2D eigenvalue weighted by atomic mass is 32.2. The molecule has 1 saturated heterocycles. The molecule has 0 aliphatic carbocycles. The standard InChI is InChI=1S/C34H37N5O5S2/c1-23(41)38-14-16-39(17-15-38)33(44)28-9-5-6-25(18-28)22-45-30-20-36-34(46-30)37-32(43)27-12-10-24(11-13-27)19-35-29(21-40)31(42)26-7-3-2-4-8-26/h2-13,18,20,29,31,35,40,42H,14-17,19,21-22H2,1H3,(H,36,37,43)/t29-,31-/m1/s1. The summed E-state index contributed by atoms with van der Waals surface area (Å²) >= 11 is 2.97. The summed E-state index contributed by atoms with van der Waals surface area (Å²) in [5.41, 5.74) is 3.76. The van der Waals surface area contributed by atoms with Gasteiger partial charge in [0.05, 0.1) is 29.2 Å². The van der Waals surface area contributed by atoms with Crippen LogP contribution < -0.4 is 10.6 Å². The molecule has 2 atom stereocenters. The number of anilines is 1. The van der Waals surface area contributed by atoms with E-state index in [-0.39, 0.29) is 24.3 Å². The Balaban J connectivity index is 1.09.